The molecule has 0 bridgehead atoms. The summed E-state index contributed by atoms with van der Waals surface area (Å²) in [5, 5.41) is 3.94. The minimum atomic E-state index is 0.404. The van der Waals surface area contributed by atoms with E-state index < -0.39 is 0 Å². The van der Waals surface area contributed by atoms with Crippen molar-refractivity contribution in [2.24, 2.45) is 5.73 Å². The van der Waals surface area contributed by atoms with E-state index >= 15 is 0 Å². The first-order valence-electron chi connectivity index (χ1n) is 5.78. The summed E-state index contributed by atoms with van der Waals surface area (Å²) in [6.07, 6.45) is 0. The molecule has 0 aliphatic carbocycles. The largest absolute Gasteiger partial charge is 0.474 e. The molecule has 0 unspecified atom stereocenters. The van der Waals surface area contributed by atoms with Crippen LogP contribution in [0.15, 0.2) is 41.4 Å². The fourth-order valence-corrected chi connectivity index (χ4v) is 1.69. The Morgan fingerprint density at radius 3 is 2.72 bits per heavy atom. The molecule has 1 aromatic carbocycles. The second-order valence-electron chi connectivity index (χ2n) is 3.98. The van der Waals surface area contributed by atoms with E-state index in [4.69, 9.17) is 15.0 Å². The number of benzene rings is 1. The molecule has 4 nitrogen and oxygen atoms in total. The molecule has 94 valence electrons. The van der Waals surface area contributed by atoms with Crippen LogP contribution in [0.25, 0.3) is 16.9 Å². The van der Waals surface area contributed by atoms with Gasteiger partial charge < -0.3 is 15.0 Å². The third kappa shape index (κ3) is 2.43. The second-order valence-corrected chi connectivity index (χ2v) is 3.98. The van der Waals surface area contributed by atoms with E-state index in [1.165, 1.54) is 0 Å². The molecule has 0 saturated carbocycles. The number of aromatic nitrogens is 1. The Hall–Kier alpha value is -2.07. The van der Waals surface area contributed by atoms with E-state index in [2.05, 4.69) is 11.7 Å². The van der Waals surface area contributed by atoms with Gasteiger partial charge in [-0.3, -0.25) is 0 Å². The first kappa shape index (κ1) is 12.4. The van der Waals surface area contributed by atoms with Gasteiger partial charge in [-0.25, -0.2) is 0 Å². The highest BCUT2D eigenvalue weighted by atomic mass is 16.5. The van der Waals surface area contributed by atoms with Crippen LogP contribution >= 0.6 is 0 Å². The predicted octanol–water partition coefficient (Wildman–Crippen LogP) is 2.71. The first-order valence-corrected chi connectivity index (χ1v) is 5.78. The highest BCUT2D eigenvalue weighted by Gasteiger charge is 2.19. The van der Waals surface area contributed by atoms with Crippen LogP contribution in [0.5, 0.6) is 5.88 Å². The van der Waals surface area contributed by atoms with E-state index in [9.17, 15) is 0 Å². The molecule has 0 saturated heterocycles. The lowest BCUT2D eigenvalue weighted by atomic mass is 10.0. The Labute approximate surface area is 106 Å². The molecule has 2 rings (SSSR count). The Bertz CT molecular complexity index is 532. The molecule has 4 heteroatoms. The van der Waals surface area contributed by atoms with Crippen molar-refractivity contribution in [1.82, 2.24) is 5.16 Å². The molecule has 0 aliphatic rings. The number of hydrogen-bond donors (Lipinski definition) is 1. The van der Waals surface area contributed by atoms with Crippen molar-refractivity contribution in [2.75, 3.05) is 13.2 Å². The third-order valence-electron chi connectivity index (χ3n) is 2.48. The SMILES string of the molecule is C=C(C)c1c(OCCN)noc1-c1ccccc1. The maximum atomic E-state index is 5.46. The van der Waals surface area contributed by atoms with Gasteiger partial charge >= 0.3 is 0 Å². The standard InChI is InChI=1S/C14H16N2O2/c1-10(2)12-13(11-6-4-3-5-7-11)18-16-14(12)17-9-8-15/h3-7H,1,8-9,15H2,2H3. The molecular weight excluding hydrogens is 228 g/mol. The maximum absolute atomic E-state index is 5.46. The molecule has 0 fully saturated rings. The third-order valence-corrected chi connectivity index (χ3v) is 2.48. The van der Waals surface area contributed by atoms with Crippen molar-refractivity contribution in [2.45, 2.75) is 6.92 Å². The Balaban J connectivity index is 2.42. The normalized spacial score (nSPS) is 10.3. The van der Waals surface area contributed by atoms with E-state index in [0.717, 1.165) is 16.7 Å². The van der Waals surface area contributed by atoms with Crippen molar-refractivity contribution < 1.29 is 9.26 Å². The van der Waals surface area contributed by atoms with Crippen LogP contribution in [0.3, 0.4) is 0 Å². The average Bonchev–Trinajstić information content (AvgIpc) is 2.81. The zero-order valence-electron chi connectivity index (χ0n) is 10.3. The van der Waals surface area contributed by atoms with Gasteiger partial charge in [-0.15, -0.1) is 0 Å². The van der Waals surface area contributed by atoms with Crippen LogP contribution in [0.4, 0.5) is 0 Å². The van der Waals surface area contributed by atoms with Crippen LogP contribution in [0.2, 0.25) is 0 Å². The molecule has 0 amide bonds. The number of hydrogen-bond acceptors (Lipinski definition) is 4. The van der Waals surface area contributed by atoms with Gasteiger partial charge in [0.2, 0.25) is 0 Å². The number of allylic oxidation sites excluding steroid dienone is 1. The van der Waals surface area contributed by atoms with Crippen molar-refractivity contribution >= 4 is 5.57 Å². The Kier molecular flexibility index (Phi) is 3.79. The maximum Gasteiger partial charge on any atom is 0.262 e. The van der Waals surface area contributed by atoms with E-state index in [1.54, 1.807) is 0 Å². The Morgan fingerprint density at radius 1 is 1.39 bits per heavy atom. The second kappa shape index (κ2) is 5.51. The van der Waals surface area contributed by atoms with Crippen LogP contribution < -0.4 is 10.5 Å². The lowest BCUT2D eigenvalue weighted by Gasteiger charge is -2.04. The summed E-state index contributed by atoms with van der Waals surface area (Å²) in [6, 6.07) is 9.76. The van der Waals surface area contributed by atoms with Gasteiger partial charge in [0.15, 0.2) is 5.76 Å². The van der Waals surface area contributed by atoms with Gasteiger partial charge in [0.1, 0.15) is 6.61 Å². The van der Waals surface area contributed by atoms with Gasteiger partial charge in [0.05, 0.1) is 5.56 Å². The smallest absolute Gasteiger partial charge is 0.262 e. The molecular formula is C14H16N2O2. The summed E-state index contributed by atoms with van der Waals surface area (Å²) in [6.45, 7) is 6.68. The minimum Gasteiger partial charge on any atom is -0.474 e. The molecule has 0 aliphatic heterocycles. The highest BCUT2D eigenvalue weighted by Crippen LogP contribution is 2.34. The van der Waals surface area contributed by atoms with Crippen molar-refractivity contribution in [1.29, 1.82) is 0 Å². The van der Waals surface area contributed by atoms with E-state index in [1.807, 2.05) is 37.3 Å². The van der Waals surface area contributed by atoms with Crippen LogP contribution in [0.1, 0.15) is 12.5 Å². The van der Waals surface area contributed by atoms with Crippen LogP contribution in [-0.4, -0.2) is 18.3 Å². The highest BCUT2D eigenvalue weighted by molar-refractivity contribution is 5.78. The minimum absolute atomic E-state index is 0.404. The molecule has 1 heterocycles. The molecule has 2 N–H and O–H groups in total. The topological polar surface area (TPSA) is 61.3 Å². The molecule has 1 aromatic heterocycles. The van der Waals surface area contributed by atoms with Crippen molar-refractivity contribution in [3.63, 3.8) is 0 Å². The number of ether oxygens (including phenoxy) is 1. The summed E-state index contributed by atoms with van der Waals surface area (Å²) in [5.74, 6) is 1.13. The zero-order chi connectivity index (χ0) is 13.0. The quantitative estimate of drug-likeness (QED) is 0.878. The van der Waals surface area contributed by atoms with Crippen molar-refractivity contribution in [3.05, 3.63) is 42.5 Å². The molecule has 2 aromatic rings. The van der Waals surface area contributed by atoms with E-state index in [0.29, 0.717) is 24.8 Å². The molecule has 0 radical (unpaired) electrons. The van der Waals surface area contributed by atoms with Gasteiger partial charge in [-0.1, -0.05) is 36.9 Å². The number of nitrogens with zero attached hydrogens (tertiary/aromatic N) is 1. The van der Waals surface area contributed by atoms with Gasteiger partial charge in [-0.2, -0.15) is 0 Å². The average molecular weight is 244 g/mol. The fourth-order valence-electron chi connectivity index (χ4n) is 1.69. The van der Waals surface area contributed by atoms with E-state index in [-0.39, 0.29) is 0 Å². The summed E-state index contributed by atoms with van der Waals surface area (Å²) in [4.78, 5) is 0. The number of nitrogens with two attached hydrogens (primary N) is 1. The van der Waals surface area contributed by atoms with Crippen molar-refractivity contribution in [3.8, 4) is 17.2 Å². The summed E-state index contributed by atoms with van der Waals surface area (Å²) in [5.41, 5.74) is 8.01. The van der Waals surface area contributed by atoms with Crippen LogP contribution in [0, 0.1) is 0 Å². The summed E-state index contributed by atoms with van der Waals surface area (Å²) >= 11 is 0. The summed E-state index contributed by atoms with van der Waals surface area (Å²) in [7, 11) is 0. The Morgan fingerprint density at radius 2 is 2.11 bits per heavy atom. The molecule has 0 spiro atoms. The fraction of sp³-hybridized carbons (Fsp3) is 0.214. The lowest BCUT2D eigenvalue weighted by Crippen LogP contribution is -2.11. The van der Waals surface area contributed by atoms with Gasteiger partial charge in [0.25, 0.3) is 5.88 Å². The van der Waals surface area contributed by atoms with Gasteiger partial charge in [0, 0.05) is 12.1 Å². The van der Waals surface area contributed by atoms with Gasteiger partial charge in [-0.05, 0) is 17.7 Å². The van der Waals surface area contributed by atoms with Crippen LogP contribution in [-0.2, 0) is 0 Å². The first-order chi connectivity index (χ1) is 8.74. The lowest BCUT2D eigenvalue weighted by molar-refractivity contribution is 0.288. The monoisotopic (exact) mass is 244 g/mol. The molecule has 0 atom stereocenters. The molecule has 18 heavy (non-hydrogen) atoms. The predicted molar refractivity (Wildman–Crippen MR) is 71.2 cm³/mol. The number of rotatable bonds is 5. The zero-order valence-corrected chi connectivity index (χ0v) is 10.3. The summed E-state index contributed by atoms with van der Waals surface area (Å²) < 4.78 is 10.8.